The highest BCUT2D eigenvalue weighted by Gasteiger charge is 2.27. The number of hydrogen-bond acceptors (Lipinski definition) is 5. The Labute approximate surface area is 124 Å². The van der Waals surface area contributed by atoms with E-state index >= 15 is 0 Å². The summed E-state index contributed by atoms with van der Waals surface area (Å²) >= 11 is 0. The number of aromatic nitrogens is 2. The number of nitriles is 1. The molecule has 1 aliphatic rings. The molecule has 1 aromatic carbocycles. The van der Waals surface area contributed by atoms with Gasteiger partial charge in [0.2, 0.25) is 0 Å². The second-order valence-corrected chi connectivity index (χ2v) is 5.12. The van der Waals surface area contributed by atoms with E-state index in [-0.39, 0.29) is 0 Å². The molecule has 1 saturated carbocycles. The number of nitrogens with zero attached hydrogens (tertiary/aromatic N) is 3. The fourth-order valence-electron chi connectivity index (χ4n) is 2.14. The Kier molecular flexibility index (Phi) is 3.69. The van der Waals surface area contributed by atoms with Crippen molar-refractivity contribution < 1.29 is 0 Å². The van der Waals surface area contributed by atoms with Crippen LogP contribution in [0.1, 0.15) is 37.1 Å². The molecule has 1 aliphatic carbocycles. The SMILES string of the molecule is CCNc1cc(Nc2cccc(C#N)c2)nc(C2CC2)n1. The van der Waals surface area contributed by atoms with Crippen LogP contribution in [0.25, 0.3) is 0 Å². The average molecular weight is 279 g/mol. The van der Waals surface area contributed by atoms with Crippen LogP contribution in [0.2, 0.25) is 0 Å². The number of hydrogen-bond donors (Lipinski definition) is 2. The van der Waals surface area contributed by atoms with Gasteiger partial charge in [0.25, 0.3) is 0 Å². The van der Waals surface area contributed by atoms with E-state index in [1.807, 2.05) is 31.2 Å². The van der Waals surface area contributed by atoms with Gasteiger partial charge in [-0.3, -0.25) is 0 Å². The van der Waals surface area contributed by atoms with Gasteiger partial charge in [0, 0.05) is 24.2 Å². The topological polar surface area (TPSA) is 73.6 Å². The van der Waals surface area contributed by atoms with Crippen molar-refractivity contribution in [3.63, 3.8) is 0 Å². The molecule has 0 bridgehead atoms. The summed E-state index contributed by atoms with van der Waals surface area (Å²) < 4.78 is 0. The van der Waals surface area contributed by atoms with Crippen molar-refractivity contribution in [3.05, 3.63) is 41.7 Å². The highest BCUT2D eigenvalue weighted by Crippen LogP contribution is 2.39. The van der Waals surface area contributed by atoms with Crippen LogP contribution in [-0.4, -0.2) is 16.5 Å². The molecule has 0 radical (unpaired) electrons. The molecular formula is C16H17N5. The number of nitrogens with one attached hydrogen (secondary N) is 2. The molecule has 0 unspecified atom stereocenters. The molecule has 0 amide bonds. The van der Waals surface area contributed by atoms with Gasteiger partial charge < -0.3 is 10.6 Å². The lowest BCUT2D eigenvalue weighted by Crippen LogP contribution is -2.05. The minimum atomic E-state index is 0.495. The predicted molar refractivity (Wildman–Crippen MR) is 82.6 cm³/mol. The van der Waals surface area contributed by atoms with Crippen molar-refractivity contribution in [2.45, 2.75) is 25.7 Å². The molecule has 5 nitrogen and oxygen atoms in total. The third kappa shape index (κ3) is 3.29. The summed E-state index contributed by atoms with van der Waals surface area (Å²) in [4.78, 5) is 9.13. The van der Waals surface area contributed by atoms with Gasteiger partial charge >= 0.3 is 0 Å². The molecule has 2 N–H and O–H groups in total. The molecule has 1 aromatic heterocycles. The molecule has 106 valence electrons. The first-order valence-electron chi connectivity index (χ1n) is 7.18. The lowest BCUT2D eigenvalue weighted by atomic mass is 10.2. The van der Waals surface area contributed by atoms with Crippen molar-refractivity contribution in [1.29, 1.82) is 5.26 Å². The van der Waals surface area contributed by atoms with E-state index in [0.29, 0.717) is 11.5 Å². The van der Waals surface area contributed by atoms with E-state index in [4.69, 9.17) is 5.26 Å². The maximum absolute atomic E-state index is 8.95. The molecule has 0 spiro atoms. The maximum atomic E-state index is 8.95. The van der Waals surface area contributed by atoms with Gasteiger partial charge in [0.15, 0.2) is 0 Å². The van der Waals surface area contributed by atoms with Crippen LogP contribution in [-0.2, 0) is 0 Å². The summed E-state index contributed by atoms with van der Waals surface area (Å²) in [6, 6.07) is 11.4. The average Bonchev–Trinajstić information content (AvgIpc) is 3.32. The molecule has 0 atom stereocenters. The van der Waals surface area contributed by atoms with Gasteiger partial charge in [-0.15, -0.1) is 0 Å². The van der Waals surface area contributed by atoms with Crippen LogP contribution in [0.15, 0.2) is 30.3 Å². The van der Waals surface area contributed by atoms with E-state index in [1.54, 1.807) is 6.07 Å². The minimum Gasteiger partial charge on any atom is -0.370 e. The zero-order valence-corrected chi connectivity index (χ0v) is 11.9. The zero-order chi connectivity index (χ0) is 14.7. The van der Waals surface area contributed by atoms with Crippen LogP contribution in [0.5, 0.6) is 0 Å². The molecule has 2 aromatic rings. The van der Waals surface area contributed by atoms with Crippen LogP contribution < -0.4 is 10.6 Å². The lowest BCUT2D eigenvalue weighted by molar-refractivity contribution is 0.927. The van der Waals surface area contributed by atoms with Gasteiger partial charge in [0.05, 0.1) is 11.6 Å². The Bertz CT molecular complexity index is 685. The van der Waals surface area contributed by atoms with Crippen LogP contribution in [0, 0.1) is 11.3 Å². The van der Waals surface area contributed by atoms with Crippen LogP contribution in [0.3, 0.4) is 0 Å². The Morgan fingerprint density at radius 2 is 2.05 bits per heavy atom. The second kappa shape index (κ2) is 5.80. The van der Waals surface area contributed by atoms with E-state index in [0.717, 1.165) is 29.7 Å². The van der Waals surface area contributed by atoms with Crippen molar-refractivity contribution in [3.8, 4) is 6.07 Å². The predicted octanol–water partition coefficient (Wildman–Crippen LogP) is 3.40. The molecular weight excluding hydrogens is 262 g/mol. The first-order chi connectivity index (χ1) is 10.3. The summed E-state index contributed by atoms with van der Waals surface area (Å²) in [7, 11) is 0. The Morgan fingerprint density at radius 3 is 2.76 bits per heavy atom. The van der Waals surface area contributed by atoms with Gasteiger partial charge in [-0.2, -0.15) is 5.26 Å². The third-order valence-corrected chi connectivity index (χ3v) is 3.31. The monoisotopic (exact) mass is 279 g/mol. The Hall–Kier alpha value is -2.61. The normalized spacial score (nSPS) is 13.5. The zero-order valence-electron chi connectivity index (χ0n) is 11.9. The highest BCUT2D eigenvalue weighted by atomic mass is 15.1. The lowest BCUT2D eigenvalue weighted by Gasteiger charge is -2.10. The standard InChI is InChI=1S/C16H17N5/c1-2-18-14-9-15(21-16(20-14)12-6-7-12)19-13-5-3-4-11(8-13)10-17/h3-5,8-9,12H,2,6-7H2,1H3,(H2,18,19,20,21). The number of benzene rings is 1. The summed E-state index contributed by atoms with van der Waals surface area (Å²) in [6.07, 6.45) is 2.33. The van der Waals surface area contributed by atoms with E-state index < -0.39 is 0 Å². The van der Waals surface area contributed by atoms with Gasteiger partial charge in [-0.25, -0.2) is 9.97 Å². The molecule has 3 rings (SSSR count). The fourth-order valence-corrected chi connectivity index (χ4v) is 2.14. The van der Waals surface area contributed by atoms with Gasteiger partial charge in [0.1, 0.15) is 17.5 Å². The first kappa shape index (κ1) is 13.4. The van der Waals surface area contributed by atoms with E-state index in [2.05, 4.69) is 26.7 Å². The Balaban J connectivity index is 1.88. The molecule has 21 heavy (non-hydrogen) atoms. The van der Waals surface area contributed by atoms with Crippen molar-refractivity contribution in [2.24, 2.45) is 0 Å². The van der Waals surface area contributed by atoms with E-state index in [9.17, 15) is 0 Å². The van der Waals surface area contributed by atoms with Gasteiger partial charge in [-0.1, -0.05) is 6.07 Å². The van der Waals surface area contributed by atoms with Gasteiger partial charge in [-0.05, 0) is 38.0 Å². The van der Waals surface area contributed by atoms with Crippen LogP contribution >= 0.6 is 0 Å². The highest BCUT2D eigenvalue weighted by molar-refractivity contribution is 5.61. The molecule has 1 heterocycles. The smallest absolute Gasteiger partial charge is 0.136 e. The minimum absolute atomic E-state index is 0.495. The maximum Gasteiger partial charge on any atom is 0.136 e. The summed E-state index contributed by atoms with van der Waals surface area (Å²) in [5, 5.41) is 15.4. The van der Waals surface area contributed by atoms with Crippen molar-refractivity contribution in [2.75, 3.05) is 17.2 Å². The largest absolute Gasteiger partial charge is 0.370 e. The number of rotatable bonds is 5. The van der Waals surface area contributed by atoms with Crippen LogP contribution in [0.4, 0.5) is 17.3 Å². The molecule has 5 heteroatoms. The third-order valence-electron chi connectivity index (χ3n) is 3.31. The fraction of sp³-hybridized carbons (Fsp3) is 0.312. The Morgan fingerprint density at radius 1 is 1.24 bits per heavy atom. The van der Waals surface area contributed by atoms with E-state index in [1.165, 1.54) is 12.8 Å². The second-order valence-electron chi connectivity index (χ2n) is 5.12. The summed E-state index contributed by atoms with van der Waals surface area (Å²) in [5.74, 6) is 2.99. The van der Waals surface area contributed by atoms with Crippen molar-refractivity contribution in [1.82, 2.24) is 9.97 Å². The first-order valence-corrected chi connectivity index (χ1v) is 7.18. The molecule has 0 saturated heterocycles. The summed E-state index contributed by atoms with van der Waals surface area (Å²) in [6.45, 7) is 2.87. The quantitative estimate of drug-likeness (QED) is 0.877. The molecule has 0 aliphatic heterocycles. The summed E-state index contributed by atoms with van der Waals surface area (Å²) in [5.41, 5.74) is 1.49. The molecule has 1 fully saturated rings. The van der Waals surface area contributed by atoms with Crippen molar-refractivity contribution >= 4 is 17.3 Å². The number of anilines is 3.